The second-order valence-corrected chi connectivity index (χ2v) is 2.29. The Bertz CT molecular complexity index is 131. The van der Waals surface area contributed by atoms with E-state index in [1.165, 1.54) is 6.82 Å². The SMILES string of the molecule is CNCC(NB(C)O)C(=O)O. The summed E-state index contributed by atoms with van der Waals surface area (Å²) in [6, 6.07) is -0.736. The molecule has 0 saturated heterocycles. The third-order valence-electron chi connectivity index (χ3n) is 1.15. The summed E-state index contributed by atoms with van der Waals surface area (Å²) in [4.78, 5) is 10.4. The van der Waals surface area contributed by atoms with Gasteiger partial charge in [-0.3, -0.25) is 4.79 Å². The van der Waals surface area contributed by atoms with Gasteiger partial charge in [-0.05, 0) is 13.9 Å². The predicted molar refractivity (Wildman–Crippen MR) is 42.3 cm³/mol. The van der Waals surface area contributed by atoms with Crippen molar-refractivity contribution in [1.29, 1.82) is 0 Å². The molecule has 4 N–H and O–H groups in total. The molecule has 6 heteroatoms. The number of rotatable bonds is 5. The second kappa shape index (κ2) is 5.12. The zero-order valence-corrected chi connectivity index (χ0v) is 6.66. The number of carbonyl (C=O) groups is 1. The molecule has 0 aliphatic heterocycles. The van der Waals surface area contributed by atoms with Crippen LogP contribution < -0.4 is 10.5 Å². The first-order valence-corrected chi connectivity index (χ1v) is 3.39. The van der Waals surface area contributed by atoms with Crippen LogP contribution in [0.2, 0.25) is 6.82 Å². The molecule has 1 unspecified atom stereocenters. The van der Waals surface area contributed by atoms with E-state index < -0.39 is 19.1 Å². The fraction of sp³-hybridized carbons (Fsp3) is 0.800. The van der Waals surface area contributed by atoms with Crippen LogP contribution in [0.5, 0.6) is 0 Å². The normalized spacial score (nSPS) is 12.6. The van der Waals surface area contributed by atoms with E-state index in [0.717, 1.165) is 0 Å². The quantitative estimate of drug-likeness (QED) is 0.362. The van der Waals surface area contributed by atoms with Crippen molar-refractivity contribution >= 4 is 13.0 Å². The number of hydrogen-bond acceptors (Lipinski definition) is 4. The summed E-state index contributed by atoms with van der Waals surface area (Å²) in [6.07, 6.45) is 0. The van der Waals surface area contributed by atoms with Crippen molar-refractivity contribution in [3.05, 3.63) is 0 Å². The van der Waals surface area contributed by atoms with Crippen LogP contribution in [0.15, 0.2) is 0 Å². The molecule has 0 aliphatic rings. The molecular weight excluding hydrogens is 147 g/mol. The molecule has 11 heavy (non-hydrogen) atoms. The molecule has 0 saturated carbocycles. The van der Waals surface area contributed by atoms with Gasteiger partial charge >= 0.3 is 13.0 Å². The van der Waals surface area contributed by atoms with Crippen molar-refractivity contribution in [3.63, 3.8) is 0 Å². The molecule has 5 nitrogen and oxygen atoms in total. The first-order chi connectivity index (χ1) is 5.07. The summed E-state index contributed by atoms with van der Waals surface area (Å²) in [5.41, 5.74) is 0. The van der Waals surface area contributed by atoms with Gasteiger partial charge in [0.1, 0.15) is 6.04 Å². The number of carboxylic acids is 1. The monoisotopic (exact) mass is 160 g/mol. The van der Waals surface area contributed by atoms with Crippen molar-refractivity contribution < 1.29 is 14.9 Å². The average Bonchev–Trinajstić information content (AvgIpc) is 1.86. The molecule has 64 valence electrons. The van der Waals surface area contributed by atoms with Crippen molar-refractivity contribution in [3.8, 4) is 0 Å². The highest BCUT2D eigenvalue weighted by Gasteiger charge is 2.18. The molecule has 0 bridgehead atoms. The number of nitrogens with one attached hydrogen (secondary N) is 2. The Labute approximate surface area is 65.9 Å². The number of likely N-dealkylation sites (N-methyl/N-ethyl adjacent to an activating group) is 1. The molecule has 0 fully saturated rings. The highest BCUT2D eigenvalue weighted by atomic mass is 16.4. The van der Waals surface area contributed by atoms with Gasteiger partial charge in [0.15, 0.2) is 0 Å². The van der Waals surface area contributed by atoms with E-state index in [4.69, 9.17) is 10.1 Å². The van der Waals surface area contributed by atoms with Crippen molar-refractivity contribution in [1.82, 2.24) is 10.5 Å². The average molecular weight is 160 g/mol. The maximum atomic E-state index is 10.4. The van der Waals surface area contributed by atoms with Gasteiger partial charge in [-0.15, -0.1) is 0 Å². The fourth-order valence-electron chi connectivity index (χ4n) is 0.713. The molecule has 0 radical (unpaired) electrons. The van der Waals surface area contributed by atoms with Gasteiger partial charge in [0.05, 0.1) is 0 Å². The van der Waals surface area contributed by atoms with E-state index in [2.05, 4.69) is 10.5 Å². The van der Waals surface area contributed by atoms with Gasteiger partial charge in [-0.25, -0.2) is 0 Å². The summed E-state index contributed by atoms with van der Waals surface area (Å²) in [5, 5.41) is 22.5. The summed E-state index contributed by atoms with van der Waals surface area (Å²) in [5.74, 6) is -0.972. The van der Waals surface area contributed by atoms with E-state index >= 15 is 0 Å². The van der Waals surface area contributed by atoms with Crippen molar-refractivity contribution in [2.24, 2.45) is 0 Å². The standard InChI is InChI=1S/C5H13BN2O3/c1-6(11)8-4(3-7-2)5(9)10/h4,7-8,11H,3H2,1-2H3,(H,9,10). The Hall–Kier alpha value is -0.585. The zero-order chi connectivity index (χ0) is 8.85. The van der Waals surface area contributed by atoms with Crippen LogP contribution >= 0.6 is 0 Å². The second-order valence-electron chi connectivity index (χ2n) is 2.29. The summed E-state index contributed by atoms with van der Waals surface area (Å²) in [7, 11) is 0.851. The number of aliphatic carboxylic acids is 1. The number of hydrogen-bond donors (Lipinski definition) is 4. The van der Waals surface area contributed by atoms with Crippen LogP contribution in [0, 0.1) is 0 Å². The van der Waals surface area contributed by atoms with E-state index in [1.54, 1.807) is 7.05 Å². The van der Waals surface area contributed by atoms with Crippen LogP contribution in [0.4, 0.5) is 0 Å². The molecule has 0 heterocycles. The zero-order valence-electron chi connectivity index (χ0n) is 6.66. The molecular formula is C5H13BN2O3. The third kappa shape index (κ3) is 4.77. The van der Waals surface area contributed by atoms with Crippen LogP contribution in [0.3, 0.4) is 0 Å². The van der Waals surface area contributed by atoms with Crippen LogP contribution in [-0.2, 0) is 4.79 Å². The van der Waals surface area contributed by atoms with Gasteiger partial charge in [0, 0.05) is 6.54 Å². The summed E-state index contributed by atoms with van der Waals surface area (Å²) < 4.78 is 0. The van der Waals surface area contributed by atoms with Gasteiger partial charge < -0.3 is 20.7 Å². The highest BCUT2D eigenvalue weighted by molar-refractivity contribution is 6.46. The van der Waals surface area contributed by atoms with Gasteiger partial charge in [-0.2, -0.15) is 0 Å². The topological polar surface area (TPSA) is 81.6 Å². The lowest BCUT2D eigenvalue weighted by atomic mass is 9.87. The first-order valence-electron chi connectivity index (χ1n) is 3.39. The molecule has 1 atom stereocenters. The van der Waals surface area contributed by atoms with Gasteiger partial charge in [-0.1, -0.05) is 0 Å². The van der Waals surface area contributed by atoms with E-state index in [-0.39, 0.29) is 0 Å². The molecule has 0 aliphatic carbocycles. The Balaban J connectivity index is 3.79. The smallest absolute Gasteiger partial charge is 0.374 e. The molecule has 0 amide bonds. The summed E-state index contributed by atoms with van der Waals surface area (Å²) >= 11 is 0. The van der Waals surface area contributed by atoms with Gasteiger partial charge in [0.2, 0.25) is 0 Å². The molecule has 0 rings (SSSR count). The Kier molecular flexibility index (Phi) is 4.84. The highest BCUT2D eigenvalue weighted by Crippen LogP contribution is 1.82. The van der Waals surface area contributed by atoms with Gasteiger partial charge in [0.25, 0.3) is 0 Å². The van der Waals surface area contributed by atoms with Crippen molar-refractivity contribution in [2.75, 3.05) is 13.6 Å². The van der Waals surface area contributed by atoms with Crippen LogP contribution in [0.1, 0.15) is 0 Å². The lowest BCUT2D eigenvalue weighted by Gasteiger charge is -2.13. The lowest BCUT2D eigenvalue weighted by molar-refractivity contribution is -0.138. The lowest BCUT2D eigenvalue weighted by Crippen LogP contribution is -2.49. The Morgan fingerprint density at radius 3 is 2.55 bits per heavy atom. The Morgan fingerprint density at radius 1 is 1.73 bits per heavy atom. The molecule has 0 aromatic carbocycles. The predicted octanol–water partition coefficient (Wildman–Crippen LogP) is -1.64. The van der Waals surface area contributed by atoms with Crippen LogP contribution in [-0.4, -0.2) is 42.8 Å². The maximum Gasteiger partial charge on any atom is 0.374 e. The maximum absolute atomic E-state index is 10.4. The summed E-state index contributed by atoms with van der Waals surface area (Å²) in [6.45, 7) is 1.77. The molecule has 0 aromatic rings. The van der Waals surface area contributed by atoms with E-state index in [9.17, 15) is 4.79 Å². The Morgan fingerprint density at radius 2 is 2.27 bits per heavy atom. The minimum absolute atomic E-state index is 0.292. The van der Waals surface area contributed by atoms with E-state index in [1.807, 2.05) is 0 Å². The fourth-order valence-corrected chi connectivity index (χ4v) is 0.713. The third-order valence-corrected chi connectivity index (χ3v) is 1.15. The molecule has 0 aromatic heterocycles. The largest absolute Gasteiger partial charge is 0.480 e. The minimum Gasteiger partial charge on any atom is -0.480 e. The van der Waals surface area contributed by atoms with E-state index in [0.29, 0.717) is 6.54 Å². The minimum atomic E-state index is -0.972. The molecule has 0 spiro atoms. The first kappa shape index (κ1) is 10.4. The van der Waals surface area contributed by atoms with Crippen molar-refractivity contribution in [2.45, 2.75) is 12.9 Å². The number of carboxylic acid groups (broad SMARTS) is 1. The van der Waals surface area contributed by atoms with Crippen LogP contribution in [0.25, 0.3) is 0 Å².